The Morgan fingerprint density at radius 2 is 1.96 bits per heavy atom. The maximum absolute atomic E-state index is 12.6. The number of hydrogen-bond donors (Lipinski definition) is 2. The number of thiazole rings is 1. The second kappa shape index (κ2) is 7.16. The molecule has 2 aromatic heterocycles. The van der Waals surface area contributed by atoms with E-state index in [1.807, 2.05) is 20.2 Å². The van der Waals surface area contributed by atoms with Gasteiger partial charge in [-0.15, -0.1) is 11.3 Å². The fourth-order valence-corrected chi connectivity index (χ4v) is 3.48. The van der Waals surface area contributed by atoms with Gasteiger partial charge in [0, 0.05) is 29.2 Å². The van der Waals surface area contributed by atoms with Crippen LogP contribution >= 0.6 is 11.3 Å². The number of amides is 1. The van der Waals surface area contributed by atoms with Crippen LogP contribution in [0.5, 0.6) is 0 Å². The molecule has 0 bridgehead atoms. The number of aromatic nitrogens is 3. The third kappa shape index (κ3) is 3.78. The number of nitrogens with one attached hydrogen (secondary N) is 2. The average molecular weight is 355 g/mol. The number of nitrogens with zero attached hydrogens (tertiary/aromatic N) is 3. The van der Waals surface area contributed by atoms with Crippen molar-refractivity contribution in [3.8, 4) is 11.3 Å². The highest BCUT2D eigenvalue weighted by molar-refractivity contribution is 7.16. The topological polar surface area (TPSA) is 71.8 Å². The molecule has 25 heavy (non-hydrogen) atoms. The fraction of sp³-hybridized carbons (Fsp3) is 0.278. The van der Waals surface area contributed by atoms with Crippen molar-refractivity contribution in [2.24, 2.45) is 7.05 Å². The van der Waals surface area contributed by atoms with E-state index in [1.54, 1.807) is 17.9 Å². The predicted octanol–water partition coefficient (Wildman–Crippen LogP) is 3.06. The first kappa shape index (κ1) is 17.3. The summed E-state index contributed by atoms with van der Waals surface area (Å²) in [5.41, 5.74) is 3.98. The van der Waals surface area contributed by atoms with Gasteiger partial charge < -0.3 is 10.6 Å². The Hall–Kier alpha value is -2.51. The quantitative estimate of drug-likeness (QED) is 0.738. The summed E-state index contributed by atoms with van der Waals surface area (Å²) in [6, 6.07) is 7.75. The minimum atomic E-state index is -0.472. The van der Waals surface area contributed by atoms with Gasteiger partial charge in [0.2, 0.25) is 5.91 Å². The molecular formula is C18H21N5OS. The van der Waals surface area contributed by atoms with Crippen molar-refractivity contribution in [2.45, 2.75) is 19.9 Å². The van der Waals surface area contributed by atoms with Crippen LogP contribution in [0.25, 0.3) is 11.3 Å². The molecule has 0 saturated heterocycles. The first-order valence-corrected chi connectivity index (χ1v) is 8.80. The number of aryl methyl sites for hydroxylation is 3. The predicted molar refractivity (Wildman–Crippen MR) is 101 cm³/mol. The number of benzene rings is 1. The first-order chi connectivity index (χ1) is 12.0. The maximum Gasteiger partial charge on any atom is 0.247 e. The summed E-state index contributed by atoms with van der Waals surface area (Å²) in [5, 5.41) is 10.7. The lowest BCUT2D eigenvalue weighted by atomic mass is 10.1. The summed E-state index contributed by atoms with van der Waals surface area (Å²) in [7, 11) is 3.58. The van der Waals surface area contributed by atoms with Gasteiger partial charge in [-0.3, -0.25) is 9.48 Å². The zero-order chi connectivity index (χ0) is 18.0. The molecule has 3 aromatic rings. The van der Waals surface area contributed by atoms with Crippen LogP contribution in [-0.4, -0.2) is 27.7 Å². The molecule has 2 heterocycles. The normalized spacial score (nSPS) is 12.2. The van der Waals surface area contributed by atoms with Crippen LogP contribution < -0.4 is 10.6 Å². The van der Waals surface area contributed by atoms with E-state index in [2.05, 4.69) is 51.9 Å². The Bertz CT molecular complexity index is 881. The zero-order valence-corrected chi connectivity index (χ0v) is 15.5. The van der Waals surface area contributed by atoms with E-state index in [4.69, 9.17) is 0 Å². The molecule has 2 N–H and O–H groups in total. The highest BCUT2D eigenvalue weighted by Crippen LogP contribution is 2.31. The van der Waals surface area contributed by atoms with Crippen LogP contribution in [-0.2, 0) is 11.8 Å². The zero-order valence-electron chi connectivity index (χ0n) is 14.7. The van der Waals surface area contributed by atoms with Crippen LogP contribution in [0.15, 0.2) is 36.7 Å². The average Bonchev–Trinajstić information content (AvgIpc) is 3.15. The molecule has 1 unspecified atom stereocenters. The van der Waals surface area contributed by atoms with Crippen molar-refractivity contribution >= 4 is 22.4 Å². The molecule has 0 spiro atoms. The molecule has 0 saturated carbocycles. The maximum atomic E-state index is 12.6. The van der Waals surface area contributed by atoms with E-state index in [9.17, 15) is 4.79 Å². The molecular weight excluding hydrogens is 334 g/mol. The molecule has 0 aliphatic rings. The molecule has 6 nitrogen and oxygen atoms in total. The Morgan fingerprint density at radius 1 is 1.24 bits per heavy atom. The first-order valence-electron chi connectivity index (χ1n) is 7.99. The van der Waals surface area contributed by atoms with E-state index in [0.29, 0.717) is 5.13 Å². The highest BCUT2D eigenvalue weighted by atomic mass is 32.1. The van der Waals surface area contributed by atoms with Gasteiger partial charge in [0.05, 0.1) is 11.9 Å². The third-order valence-corrected chi connectivity index (χ3v) is 4.85. The lowest BCUT2D eigenvalue weighted by Crippen LogP contribution is -2.30. The molecule has 0 aliphatic heterocycles. The summed E-state index contributed by atoms with van der Waals surface area (Å²) in [6.07, 6.45) is 3.51. The number of carbonyl (C=O) groups is 1. The van der Waals surface area contributed by atoms with Crippen molar-refractivity contribution in [1.29, 1.82) is 0 Å². The fourth-order valence-electron chi connectivity index (χ4n) is 2.65. The van der Waals surface area contributed by atoms with Gasteiger partial charge in [0.15, 0.2) is 5.13 Å². The molecule has 3 rings (SSSR count). The van der Waals surface area contributed by atoms with Crippen molar-refractivity contribution in [1.82, 2.24) is 20.1 Å². The molecule has 0 radical (unpaired) electrons. The Morgan fingerprint density at radius 3 is 2.56 bits per heavy atom. The monoisotopic (exact) mass is 355 g/mol. The van der Waals surface area contributed by atoms with E-state index in [0.717, 1.165) is 21.7 Å². The molecule has 7 heteroatoms. The van der Waals surface area contributed by atoms with Gasteiger partial charge in [-0.1, -0.05) is 29.8 Å². The Kier molecular flexibility index (Phi) is 4.96. The number of likely N-dealkylation sites (N-methyl/N-ethyl adjacent to an activating group) is 1. The van der Waals surface area contributed by atoms with Gasteiger partial charge in [0.25, 0.3) is 0 Å². The van der Waals surface area contributed by atoms with Gasteiger partial charge in [-0.25, -0.2) is 4.98 Å². The molecule has 1 aromatic carbocycles. The van der Waals surface area contributed by atoms with Crippen LogP contribution in [0, 0.1) is 13.8 Å². The number of anilines is 1. The van der Waals surface area contributed by atoms with E-state index in [1.165, 1.54) is 16.9 Å². The summed E-state index contributed by atoms with van der Waals surface area (Å²) < 4.78 is 1.68. The molecule has 1 amide bonds. The number of rotatable bonds is 5. The van der Waals surface area contributed by atoms with Gasteiger partial charge >= 0.3 is 0 Å². The van der Waals surface area contributed by atoms with Crippen molar-refractivity contribution in [3.63, 3.8) is 0 Å². The summed E-state index contributed by atoms with van der Waals surface area (Å²) in [4.78, 5) is 18.3. The standard InChI is InChI=1S/C18H21N5OS/c1-11-5-7-13(8-6-11)15-12(2)25-18(21-15)22-17(24)16(19-3)14-9-20-23(4)10-14/h5-10,16,19H,1-4H3,(H,21,22,24). The molecule has 1 atom stereocenters. The van der Waals surface area contributed by atoms with Crippen LogP contribution in [0.4, 0.5) is 5.13 Å². The van der Waals surface area contributed by atoms with Crippen LogP contribution in [0.3, 0.4) is 0 Å². The Balaban J connectivity index is 1.80. The number of carbonyl (C=O) groups excluding carboxylic acids is 1. The van der Waals surface area contributed by atoms with E-state index < -0.39 is 6.04 Å². The summed E-state index contributed by atoms with van der Waals surface area (Å²) in [6.45, 7) is 4.07. The number of hydrogen-bond acceptors (Lipinski definition) is 5. The van der Waals surface area contributed by atoms with E-state index in [-0.39, 0.29) is 5.91 Å². The van der Waals surface area contributed by atoms with Crippen molar-refractivity contribution in [3.05, 3.63) is 52.7 Å². The van der Waals surface area contributed by atoms with Crippen molar-refractivity contribution < 1.29 is 4.79 Å². The largest absolute Gasteiger partial charge is 0.305 e. The highest BCUT2D eigenvalue weighted by Gasteiger charge is 2.22. The minimum absolute atomic E-state index is 0.153. The summed E-state index contributed by atoms with van der Waals surface area (Å²) >= 11 is 1.48. The van der Waals surface area contributed by atoms with E-state index >= 15 is 0 Å². The van der Waals surface area contributed by atoms with Gasteiger partial charge in [0.1, 0.15) is 6.04 Å². The second-order valence-corrected chi connectivity index (χ2v) is 7.15. The second-order valence-electron chi connectivity index (χ2n) is 5.95. The molecule has 0 aliphatic carbocycles. The van der Waals surface area contributed by atoms with Gasteiger partial charge in [-0.2, -0.15) is 5.10 Å². The summed E-state index contributed by atoms with van der Waals surface area (Å²) in [5.74, 6) is -0.153. The van der Waals surface area contributed by atoms with Gasteiger partial charge in [-0.05, 0) is 20.9 Å². The van der Waals surface area contributed by atoms with Crippen LogP contribution in [0.2, 0.25) is 0 Å². The smallest absolute Gasteiger partial charge is 0.247 e. The lowest BCUT2D eigenvalue weighted by molar-refractivity contribution is -0.118. The Labute approximate surface area is 150 Å². The lowest BCUT2D eigenvalue weighted by Gasteiger charge is -2.12. The molecule has 0 fully saturated rings. The molecule has 130 valence electrons. The SMILES string of the molecule is CNC(C(=O)Nc1nc(-c2ccc(C)cc2)c(C)s1)c1cnn(C)c1. The van der Waals surface area contributed by atoms with Crippen LogP contribution in [0.1, 0.15) is 22.0 Å². The third-order valence-electron chi connectivity index (χ3n) is 3.96. The van der Waals surface area contributed by atoms with Crippen molar-refractivity contribution in [2.75, 3.05) is 12.4 Å². The minimum Gasteiger partial charge on any atom is -0.305 e.